The number of nitrogens with zero attached hydrogens (tertiary/aromatic N) is 4. The number of aryl methyl sites for hydroxylation is 1. The van der Waals surface area contributed by atoms with Crippen LogP contribution < -0.4 is 16.6 Å². The number of aromatic nitrogens is 3. The highest BCUT2D eigenvalue weighted by Gasteiger charge is 2.23. The van der Waals surface area contributed by atoms with Crippen molar-refractivity contribution in [2.45, 2.75) is 58.2 Å². The summed E-state index contributed by atoms with van der Waals surface area (Å²) in [5.74, 6) is -0.847. The molecule has 10 nitrogen and oxygen atoms in total. The van der Waals surface area contributed by atoms with Gasteiger partial charge in [-0.05, 0) is 37.5 Å². The molecule has 0 radical (unpaired) electrons. The van der Waals surface area contributed by atoms with E-state index in [1.54, 1.807) is 19.1 Å². The lowest BCUT2D eigenvalue weighted by molar-refractivity contribution is -0.129. The van der Waals surface area contributed by atoms with Crippen LogP contribution in [0.1, 0.15) is 54.4 Å². The zero-order valence-corrected chi connectivity index (χ0v) is 19.3. The molecule has 33 heavy (non-hydrogen) atoms. The van der Waals surface area contributed by atoms with E-state index < -0.39 is 35.8 Å². The first-order valence-electron chi connectivity index (χ1n) is 11.2. The van der Waals surface area contributed by atoms with Crippen LogP contribution in [0, 0.1) is 12.8 Å². The smallest absolute Gasteiger partial charge is 0.352 e. The molecule has 178 valence electrons. The second kappa shape index (κ2) is 10.6. The Morgan fingerprint density at radius 3 is 2.48 bits per heavy atom. The Hall–Kier alpha value is -3.27. The average Bonchev–Trinajstić information content (AvgIpc) is 3.06. The number of benzene rings is 1. The molecule has 0 saturated heterocycles. The predicted octanol–water partition coefficient (Wildman–Crippen LogP) is 0.809. The van der Waals surface area contributed by atoms with Crippen molar-refractivity contribution < 1.29 is 14.7 Å². The maximum atomic E-state index is 12.9. The number of rotatable bonds is 6. The summed E-state index contributed by atoms with van der Waals surface area (Å²) in [4.78, 5) is 51.3. The number of carbonyl (C=O) groups is 2. The summed E-state index contributed by atoms with van der Waals surface area (Å²) >= 11 is 0. The molecule has 1 aliphatic carbocycles. The summed E-state index contributed by atoms with van der Waals surface area (Å²) in [7, 11) is 3.06. The van der Waals surface area contributed by atoms with E-state index in [4.69, 9.17) is 0 Å². The Bertz CT molecular complexity index is 1130. The van der Waals surface area contributed by atoms with Crippen LogP contribution in [0.15, 0.2) is 34.0 Å². The van der Waals surface area contributed by atoms with Gasteiger partial charge in [0.2, 0.25) is 5.91 Å². The Kier molecular flexibility index (Phi) is 7.80. The van der Waals surface area contributed by atoms with Crippen molar-refractivity contribution >= 4 is 11.8 Å². The standard InChI is InChI=1S/C23H31N5O5/c1-15-10-11-17(28-23(33)27(19(29)13-24-28)14-20(30)26(2)3)12-18(15)22(32)25-21(31)16-8-6-4-5-7-9-16/h10-13,16,21,31H,4-9,14H2,1-3H3,(H,25,32). The first-order chi connectivity index (χ1) is 15.7. The van der Waals surface area contributed by atoms with Crippen LogP contribution in [0.5, 0.6) is 0 Å². The van der Waals surface area contributed by atoms with Crippen molar-refractivity contribution in [3.05, 3.63) is 56.4 Å². The second-order valence-corrected chi connectivity index (χ2v) is 8.72. The van der Waals surface area contributed by atoms with Crippen LogP contribution in [0.25, 0.3) is 5.69 Å². The minimum absolute atomic E-state index is 0.0158. The van der Waals surface area contributed by atoms with Gasteiger partial charge in [-0.1, -0.05) is 31.7 Å². The summed E-state index contributed by atoms with van der Waals surface area (Å²) < 4.78 is 1.77. The molecule has 1 aliphatic rings. The van der Waals surface area contributed by atoms with Gasteiger partial charge in [0.15, 0.2) is 0 Å². The minimum atomic E-state index is -0.946. The van der Waals surface area contributed by atoms with E-state index in [1.165, 1.54) is 25.1 Å². The number of hydrogen-bond donors (Lipinski definition) is 2. The van der Waals surface area contributed by atoms with Gasteiger partial charge in [-0.15, -0.1) is 0 Å². The highest BCUT2D eigenvalue weighted by molar-refractivity contribution is 5.96. The molecule has 3 rings (SSSR count). The molecule has 0 aliphatic heterocycles. The fraction of sp³-hybridized carbons (Fsp3) is 0.522. The highest BCUT2D eigenvalue weighted by Crippen LogP contribution is 2.25. The lowest BCUT2D eigenvalue weighted by Gasteiger charge is -2.22. The van der Waals surface area contributed by atoms with Gasteiger partial charge in [0.1, 0.15) is 19.0 Å². The summed E-state index contributed by atoms with van der Waals surface area (Å²) in [5, 5.41) is 17.2. The number of hydrogen-bond acceptors (Lipinski definition) is 6. The molecule has 0 spiro atoms. The monoisotopic (exact) mass is 457 g/mol. The Labute approximate surface area is 191 Å². The van der Waals surface area contributed by atoms with E-state index in [0.29, 0.717) is 5.56 Å². The number of carbonyl (C=O) groups excluding carboxylic acids is 2. The first kappa shape index (κ1) is 24.4. The van der Waals surface area contributed by atoms with E-state index >= 15 is 0 Å². The maximum absolute atomic E-state index is 12.9. The zero-order chi connectivity index (χ0) is 24.1. The van der Waals surface area contributed by atoms with Crippen molar-refractivity contribution in [2.75, 3.05) is 14.1 Å². The van der Waals surface area contributed by atoms with Crippen LogP contribution >= 0.6 is 0 Å². The van der Waals surface area contributed by atoms with E-state index in [1.807, 2.05) is 0 Å². The topological polar surface area (TPSA) is 127 Å². The molecule has 1 aromatic carbocycles. The normalized spacial score (nSPS) is 15.5. The molecule has 1 saturated carbocycles. The molecule has 1 heterocycles. The SMILES string of the molecule is Cc1ccc(-n2ncc(=O)n(CC(=O)N(C)C)c2=O)cc1C(=O)NC(O)C1CCCCCC1. The largest absolute Gasteiger partial charge is 0.373 e. The third-order valence-electron chi connectivity index (χ3n) is 6.09. The molecule has 1 atom stereocenters. The maximum Gasteiger partial charge on any atom is 0.352 e. The number of amides is 2. The molecule has 1 aromatic heterocycles. The quantitative estimate of drug-likeness (QED) is 0.488. The van der Waals surface area contributed by atoms with Crippen LogP contribution in [0.2, 0.25) is 0 Å². The molecule has 2 N–H and O–H groups in total. The summed E-state index contributed by atoms with van der Waals surface area (Å²) in [6.45, 7) is 1.34. The van der Waals surface area contributed by atoms with E-state index in [0.717, 1.165) is 54.0 Å². The van der Waals surface area contributed by atoms with Crippen LogP contribution in [0.4, 0.5) is 0 Å². The van der Waals surface area contributed by atoms with Crippen molar-refractivity contribution in [2.24, 2.45) is 5.92 Å². The molecule has 2 aromatic rings. The zero-order valence-electron chi connectivity index (χ0n) is 19.3. The van der Waals surface area contributed by atoms with Gasteiger partial charge >= 0.3 is 5.69 Å². The van der Waals surface area contributed by atoms with Crippen molar-refractivity contribution in [3.63, 3.8) is 0 Å². The molecular weight excluding hydrogens is 426 g/mol. The van der Waals surface area contributed by atoms with Crippen molar-refractivity contribution in [1.29, 1.82) is 0 Å². The second-order valence-electron chi connectivity index (χ2n) is 8.72. The van der Waals surface area contributed by atoms with Gasteiger partial charge in [-0.25, -0.2) is 9.36 Å². The number of aliphatic hydroxyl groups is 1. The molecule has 2 amide bonds. The van der Waals surface area contributed by atoms with Gasteiger partial charge in [0.25, 0.3) is 11.5 Å². The molecule has 10 heteroatoms. The number of nitrogens with one attached hydrogen (secondary N) is 1. The van der Waals surface area contributed by atoms with Gasteiger partial charge in [-0.2, -0.15) is 9.78 Å². The Morgan fingerprint density at radius 2 is 1.85 bits per heavy atom. The van der Waals surface area contributed by atoms with Crippen LogP contribution in [0.3, 0.4) is 0 Å². The summed E-state index contributed by atoms with van der Waals surface area (Å²) in [5.41, 5.74) is -0.260. The highest BCUT2D eigenvalue weighted by atomic mass is 16.3. The number of aliphatic hydroxyl groups excluding tert-OH is 1. The summed E-state index contributed by atoms with van der Waals surface area (Å²) in [6, 6.07) is 4.75. The predicted molar refractivity (Wildman–Crippen MR) is 122 cm³/mol. The van der Waals surface area contributed by atoms with E-state index in [9.17, 15) is 24.3 Å². The van der Waals surface area contributed by atoms with Crippen LogP contribution in [-0.2, 0) is 11.3 Å². The van der Waals surface area contributed by atoms with Gasteiger partial charge in [-0.3, -0.25) is 14.4 Å². The molecular formula is C23H31N5O5. The van der Waals surface area contributed by atoms with Crippen LogP contribution in [-0.4, -0.2) is 56.5 Å². The van der Waals surface area contributed by atoms with Crippen molar-refractivity contribution in [1.82, 2.24) is 24.6 Å². The molecule has 0 bridgehead atoms. The number of likely N-dealkylation sites (N-methyl/N-ethyl adjacent to an activating group) is 1. The van der Waals surface area contributed by atoms with E-state index in [-0.39, 0.29) is 17.2 Å². The van der Waals surface area contributed by atoms with Gasteiger partial charge in [0.05, 0.1) is 5.69 Å². The summed E-state index contributed by atoms with van der Waals surface area (Å²) in [6.07, 6.45) is 6.10. The lowest BCUT2D eigenvalue weighted by Crippen LogP contribution is -2.43. The first-order valence-corrected chi connectivity index (χ1v) is 11.2. The fourth-order valence-electron chi connectivity index (χ4n) is 3.98. The van der Waals surface area contributed by atoms with Crippen molar-refractivity contribution in [3.8, 4) is 5.69 Å². The Balaban J connectivity index is 1.88. The Morgan fingerprint density at radius 1 is 1.18 bits per heavy atom. The average molecular weight is 458 g/mol. The molecule has 1 fully saturated rings. The minimum Gasteiger partial charge on any atom is -0.373 e. The van der Waals surface area contributed by atoms with E-state index in [2.05, 4.69) is 10.4 Å². The van der Waals surface area contributed by atoms with Gasteiger partial charge < -0.3 is 15.3 Å². The molecule has 1 unspecified atom stereocenters. The third kappa shape index (κ3) is 5.75. The third-order valence-corrected chi connectivity index (χ3v) is 6.09. The lowest BCUT2D eigenvalue weighted by atomic mass is 9.98. The van der Waals surface area contributed by atoms with Gasteiger partial charge in [0, 0.05) is 25.6 Å². The fourth-order valence-corrected chi connectivity index (χ4v) is 3.98.